The summed E-state index contributed by atoms with van der Waals surface area (Å²) < 4.78 is 12.0. The van der Waals surface area contributed by atoms with Crippen LogP contribution in [0.25, 0.3) is 0 Å². The molecule has 0 spiro atoms. The standard InChI is InChI=1S/C12H14N2OS/c13-8-11-7-10(5-6-14-11)9-16(15)12-3-1-2-4-12/h5-7,12H,1-4,9H2. The van der Waals surface area contributed by atoms with Gasteiger partial charge in [-0.15, -0.1) is 0 Å². The van der Waals surface area contributed by atoms with E-state index in [-0.39, 0.29) is 0 Å². The van der Waals surface area contributed by atoms with Gasteiger partial charge in [-0.25, -0.2) is 4.98 Å². The van der Waals surface area contributed by atoms with Crippen LogP contribution in [0.15, 0.2) is 18.3 Å². The van der Waals surface area contributed by atoms with Crippen LogP contribution in [0, 0.1) is 11.3 Å². The normalized spacial score (nSPS) is 18.2. The molecular weight excluding hydrogens is 220 g/mol. The minimum absolute atomic E-state index is 0.360. The molecule has 1 saturated carbocycles. The van der Waals surface area contributed by atoms with Gasteiger partial charge in [0.2, 0.25) is 0 Å². The summed E-state index contributed by atoms with van der Waals surface area (Å²) in [5, 5.41) is 9.08. The minimum atomic E-state index is -0.794. The van der Waals surface area contributed by atoms with Crippen molar-refractivity contribution >= 4 is 10.8 Å². The Hall–Kier alpha value is -1.21. The molecule has 1 heterocycles. The lowest BCUT2D eigenvalue weighted by atomic mass is 10.2. The Morgan fingerprint density at radius 2 is 2.25 bits per heavy atom. The molecule has 0 aliphatic heterocycles. The lowest BCUT2D eigenvalue weighted by molar-refractivity contribution is 0.668. The summed E-state index contributed by atoms with van der Waals surface area (Å²) in [6.45, 7) is 0. The number of nitriles is 1. The smallest absolute Gasteiger partial charge is 0.140 e. The van der Waals surface area contributed by atoms with E-state index < -0.39 is 10.8 Å². The molecule has 1 atom stereocenters. The molecule has 1 unspecified atom stereocenters. The summed E-state index contributed by atoms with van der Waals surface area (Å²) in [6, 6.07) is 5.57. The van der Waals surface area contributed by atoms with E-state index in [9.17, 15) is 4.21 Å². The molecule has 1 aliphatic rings. The first kappa shape index (κ1) is 11.3. The maximum Gasteiger partial charge on any atom is 0.140 e. The summed E-state index contributed by atoms with van der Waals surface area (Å²) in [5.41, 5.74) is 1.36. The van der Waals surface area contributed by atoms with Crippen LogP contribution in [0.5, 0.6) is 0 Å². The number of hydrogen-bond donors (Lipinski definition) is 0. The van der Waals surface area contributed by atoms with Crippen LogP contribution in [-0.2, 0) is 16.6 Å². The molecule has 1 aliphatic carbocycles. The molecule has 1 aromatic rings. The van der Waals surface area contributed by atoms with Gasteiger partial charge in [0.25, 0.3) is 0 Å². The molecule has 1 aromatic heterocycles. The van der Waals surface area contributed by atoms with E-state index in [0.29, 0.717) is 16.7 Å². The topological polar surface area (TPSA) is 53.8 Å². The molecule has 3 nitrogen and oxygen atoms in total. The van der Waals surface area contributed by atoms with Crippen molar-refractivity contribution in [2.75, 3.05) is 0 Å². The molecule has 0 bridgehead atoms. The van der Waals surface area contributed by atoms with Crippen LogP contribution in [-0.4, -0.2) is 14.4 Å². The van der Waals surface area contributed by atoms with E-state index in [0.717, 1.165) is 18.4 Å². The summed E-state index contributed by atoms with van der Waals surface area (Å²) in [7, 11) is -0.794. The first-order chi connectivity index (χ1) is 7.79. The number of rotatable bonds is 3. The summed E-state index contributed by atoms with van der Waals surface area (Å²) >= 11 is 0. The van der Waals surface area contributed by atoms with E-state index >= 15 is 0 Å². The van der Waals surface area contributed by atoms with Crippen LogP contribution >= 0.6 is 0 Å². The van der Waals surface area contributed by atoms with Gasteiger partial charge in [-0.1, -0.05) is 12.8 Å². The molecule has 0 amide bonds. The number of pyridine rings is 1. The average molecular weight is 234 g/mol. The molecule has 0 N–H and O–H groups in total. The predicted octanol–water partition coefficient (Wildman–Crippen LogP) is 2.14. The van der Waals surface area contributed by atoms with Crippen molar-refractivity contribution < 1.29 is 4.21 Å². The molecule has 84 valence electrons. The van der Waals surface area contributed by atoms with Gasteiger partial charge < -0.3 is 0 Å². The maximum absolute atomic E-state index is 12.0. The average Bonchev–Trinajstić information content (AvgIpc) is 2.83. The molecule has 16 heavy (non-hydrogen) atoms. The van der Waals surface area contributed by atoms with Gasteiger partial charge in [0.05, 0.1) is 0 Å². The zero-order chi connectivity index (χ0) is 11.4. The largest absolute Gasteiger partial charge is 0.259 e. The van der Waals surface area contributed by atoms with Crippen molar-refractivity contribution in [1.29, 1.82) is 5.26 Å². The number of nitrogens with zero attached hydrogens (tertiary/aromatic N) is 2. The zero-order valence-electron chi connectivity index (χ0n) is 9.06. The van der Waals surface area contributed by atoms with Gasteiger partial charge in [0.15, 0.2) is 0 Å². The molecule has 0 aromatic carbocycles. The van der Waals surface area contributed by atoms with E-state index in [1.165, 1.54) is 12.8 Å². The van der Waals surface area contributed by atoms with Crippen LogP contribution in [0.4, 0.5) is 0 Å². The van der Waals surface area contributed by atoms with E-state index in [4.69, 9.17) is 5.26 Å². The zero-order valence-corrected chi connectivity index (χ0v) is 9.87. The summed E-state index contributed by atoms with van der Waals surface area (Å²) in [5.74, 6) is 0.557. The van der Waals surface area contributed by atoms with E-state index in [2.05, 4.69) is 4.98 Å². The lowest BCUT2D eigenvalue weighted by Gasteiger charge is -2.08. The summed E-state index contributed by atoms with van der Waals surface area (Å²) in [6.07, 6.45) is 6.19. The van der Waals surface area contributed by atoms with Crippen molar-refractivity contribution in [3.05, 3.63) is 29.6 Å². The SMILES string of the molecule is N#Cc1cc(CS(=O)C2CCCC2)ccn1. The van der Waals surface area contributed by atoms with E-state index in [1.807, 2.05) is 12.1 Å². The lowest BCUT2D eigenvalue weighted by Crippen LogP contribution is -2.12. The Morgan fingerprint density at radius 1 is 1.50 bits per heavy atom. The fraction of sp³-hybridized carbons (Fsp3) is 0.500. The second-order valence-electron chi connectivity index (χ2n) is 4.09. The van der Waals surface area contributed by atoms with Gasteiger partial charge >= 0.3 is 0 Å². The Labute approximate surface area is 98.0 Å². The van der Waals surface area contributed by atoms with Gasteiger partial charge in [-0.3, -0.25) is 4.21 Å². The predicted molar refractivity (Wildman–Crippen MR) is 63.1 cm³/mol. The van der Waals surface area contributed by atoms with Crippen LogP contribution < -0.4 is 0 Å². The highest BCUT2D eigenvalue weighted by atomic mass is 32.2. The highest BCUT2D eigenvalue weighted by Gasteiger charge is 2.21. The third-order valence-electron chi connectivity index (χ3n) is 2.92. The molecule has 0 saturated heterocycles. The van der Waals surface area contributed by atoms with Crippen LogP contribution in [0.1, 0.15) is 36.9 Å². The molecule has 1 fully saturated rings. The Morgan fingerprint density at radius 3 is 2.94 bits per heavy atom. The van der Waals surface area contributed by atoms with Crippen molar-refractivity contribution in [3.63, 3.8) is 0 Å². The van der Waals surface area contributed by atoms with Crippen molar-refractivity contribution in [2.45, 2.75) is 36.7 Å². The second-order valence-corrected chi connectivity index (χ2v) is 5.81. The van der Waals surface area contributed by atoms with Crippen molar-refractivity contribution in [3.8, 4) is 6.07 Å². The molecule has 4 heteroatoms. The van der Waals surface area contributed by atoms with Crippen LogP contribution in [0.2, 0.25) is 0 Å². The third kappa shape index (κ3) is 2.67. The van der Waals surface area contributed by atoms with Crippen molar-refractivity contribution in [2.24, 2.45) is 0 Å². The third-order valence-corrected chi connectivity index (χ3v) is 4.75. The quantitative estimate of drug-likeness (QED) is 0.805. The fourth-order valence-corrected chi connectivity index (χ4v) is 3.66. The van der Waals surface area contributed by atoms with Gasteiger partial charge in [-0.05, 0) is 30.5 Å². The molecule has 0 radical (unpaired) electrons. The Kier molecular flexibility index (Phi) is 3.68. The highest BCUT2D eigenvalue weighted by molar-refractivity contribution is 7.84. The molecular formula is C12H14N2OS. The number of hydrogen-bond acceptors (Lipinski definition) is 3. The highest BCUT2D eigenvalue weighted by Crippen LogP contribution is 2.24. The second kappa shape index (κ2) is 5.22. The Bertz CT molecular complexity index is 433. The minimum Gasteiger partial charge on any atom is -0.259 e. The fourth-order valence-electron chi connectivity index (χ4n) is 2.06. The summed E-state index contributed by atoms with van der Waals surface area (Å²) in [4.78, 5) is 3.90. The first-order valence-corrected chi connectivity index (χ1v) is 6.90. The number of aromatic nitrogens is 1. The van der Waals surface area contributed by atoms with Crippen molar-refractivity contribution in [1.82, 2.24) is 4.98 Å². The van der Waals surface area contributed by atoms with Gasteiger partial charge in [0.1, 0.15) is 11.8 Å². The molecule has 2 rings (SSSR count). The maximum atomic E-state index is 12.0. The Balaban J connectivity index is 2.03. The monoisotopic (exact) mass is 234 g/mol. The van der Waals surface area contributed by atoms with Gasteiger partial charge in [-0.2, -0.15) is 5.26 Å². The van der Waals surface area contributed by atoms with E-state index in [1.54, 1.807) is 12.3 Å². The van der Waals surface area contributed by atoms with Crippen LogP contribution in [0.3, 0.4) is 0 Å². The van der Waals surface area contributed by atoms with Gasteiger partial charge in [0, 0.05) is 28.0 Å². The first-order valence-electron chi connectivity index (χ1n) is 5.52.